The average Bonchev–Trinajstić information content (AvgIpc) is 2.35. The molecule has 0 saturated carbocycles. The van der Waals surface area contributed by atoms with Gasteiger partial charge in [0.05, 0.1) is 5.56 Å². The molecular formula is C13H17FN2O2. The number of benzene rings is 1. The fourth-order valence-corrected chi connectivity index (χ4v) is 2.08. The van der Waals surface area contributed by atoms with Crippen LogP contribution in [0.15, 0.2) is 18.2 Å². The lowest BCUT2D eigenvalue weighted by molar-refractivity contribution is 0.0569. The molecule has 1 unspecified atom stereocenters. The SMILES string of the molecule is CC1CN(C(=O)c2cc(F)ccc2O)CCN1C. The first-order valence-electron chi connectivity index (χ1n) is 5.97. The number of carbonyl (C=O) groups excluding carboxylic acids is 1. The first kappa shape index (κ1) is 12.8. The van der Waals surface area contributed by atoms with Crippen LogP contribution in [0, 0.1) is 5.82 Å². The molecule has 0 bridgehead atoms. The molecule has 4 nitrogen and oxygen atoms in total. The molecule has 0 spiro atoms. The van der Waals surface area contributed by atoms with Gasteiger partial charge < -0.3 is 14.9 Å². The van der Waals surface area contributed by atoms with Gasteiger partial charge in [-0.2, -0.15) is 0 Å². The maximum Gasteiger partial charge on any atom is 0.257 e. The van der Waals surface area contributed by atoms with E-state index < -0.39 is 5.82 Å². The van der Waals surface area contributed by atoms with Gasteiger partial charge in [-0.15, -0.1) is 0 Å². The molecule has 1 fully saturated rings. The molecule has 1 aromatic rings. The smallest absolute Gasteiger partial charge is 0.257 e. The fourth-order valence-electron chi connectivity index (χ4n) is 2.08. The molecule has 1 aliphatic rings. The maximum atomic E-state index is 13.1. The minimum Gasteiger partial charge on any atom is -0.507 e. The Bertz CT molecular complexity index is 464. The molecule has 1 atom stereocenters. The van der Waals surface area contributed by atoms with E-state index in [4.69, 9.17) is 0 Å². The Balaban J connectivity index is 2.19. The number of nitrogens with zero attached hydrogens (tertiary/aromatic N) is 2. The van der Waals surface area contributed by atoms with Crippen molar-refractivity contribution in [1.29, 1.82) is 0 Å². The zero-order chi connectivity index (χ0) is 13.3. The van der Waals surface area contributed by atoms with Crippen molar-refractivity contribution in [1.82, 2.24) is 9.80 Å². The lowest BCUT2D eigenvalue weighted by Gasteiger charge is -2.37. The third-order valence-electron chi connectivity index (χ3n) is 3.44. The van der Waals surface area contributed by atoms with E-state index in [0.29, 0.717) is 13.1 Å². The van der Waals surface area contributed by atoms with Crippen LogP contribution in [0.25, 0.3) is 0 Å². The second kappa shape index (κ2) is 4.94. The second-order valence-electron chi connectivity index (χ2n) is 4.74. The summed E-state index contributed by atoms with van der Waals surface area (Å²) in [6, 6.07) is 3.69. The molecule has 98 valence electrons. The zero-order valence-corrected chi connectivity index (χ0v) is 10.6. The first-order chi connectivity index (χ1) is 8.49. The number of hydrogen-bond acceptors (Lipinski definition) is 3. The summed E-state index contributed by atoms with van der Waals surface area (Å²) >= 11 is 0. The van der Waals surface area contributed by atoms with Crippen LogP contribution in [0.1, 0.15) is 17.3 Å². The Labute approximate surface area is 106 Å². The number of hydrogen-bond donors (Lipinski definition) is 1. The third-order valence-corrected chi connectivity index (χ3v) is 3.44. The second-order valence-corrected chi connectivity index (χ2v) is 4.74. The number of piperazine rings is 1. The Hall–Kier alpha value is -1.62. The maximum absolute atomic E-state index is 13.1. The van der Waals surface area contributed by atoms with Crippen LogP contribution in [0.2, 0.25) is 0 Å². The van der Waals surface area contributed by atoms with Gasteiger partial charge in [0.1, 0.15) is 11.6 Å². The van der Waals surface area contributed by atoms with E-state index in [1.54, 1.807) is 4.90 Å². The highest BCUT2D eigenvalue weighted by molar-refractivity contribution is 5.96. The van der Waals surface area contributed by atoms with Crippen molar-refractivity contribution in [2.24, 2.45) is 0 Å². The minimum atomic E-state index is -0.515. The molecule has 1 aliphatic heterocycles. The lowest BCUT2D eigenvalue weighted by atomic mass is 10.1. The molecule has 1 N–H and O–H groups in total. The Morgan fingerprint density at radius 3 is 2.83 bits per heavy atom. The summed E-state index contributed by atoms with van der Waals surface area (Å²) in [6.45, 7) is 3.99. The molecule has 1 amide bonds. The van der Waals surface area contributed by atoms with Crippen LogP contribution in [0.3, 0.4) is 0 Å². The molecule has 1 aromatic carbocycles. The number of phenolic OH excluding ortho intramolecular Hbond substituents is 1. The van der Waals surface area contributed by atoms with Gasteiger partial charge in [-0.3, -0.25) is 4.79 Å². The summed E-state index contributed by atoms with van der Waals surface area (Å²) in [6.07, 6.45) is 0. The number of likely N-dealkylation sites (N-methyl/N-ethyl adjacent to an activating group) is 1. The molecule has 0 aromatic heterocycles. The molecule has 2 rings (SSSR count). The highest BCUT2D eigenvalue weighted by Gasteiger charge is 2.26. The standard InChI is InChI=1S/C13H17FN2O2/c1-9-8-16(6-5-15(9)2)13(18)11-7-10(14)3-4-12(11)17/h3-4,7,9,17H,5-6,8H2,1-2H3. The predicted octanol–water partition coefficient (Wildman–Crippen LogP) is 1.31. The van der Waals surface area contributed by atoms with Crippen molar-refractivity contribution in [3.8, 4) is 5.75 Å². The van der Waals surface area contributed by atoms with Crippen LogP contribution >= 0.6 is 0 Å². The van der Waals surface area contributed by atoms with Crippen molar-refractivity contribution >= 4 is 5.91 Å². The van der Waals surface area contributed by atoms with Gasteiger partial charge in [0, 0.05) is 25.7 Å². The molecular weight excluding hydrogens is 235 g/mol. The summed E-state index contributed by atoms with van der Waals surface area (Å²) in [7, 11) is 2.01. The van der Waals surface area contributed by atoms with Gasteiger partial charge in [-0.1, -0.05) is 0 Å². The molecule has 1 heterocycles. The molecule has 18 heavy (non-hydrogen) atoms. The van der Waals surface area contributed by atoms with Gasteiger partial charge in [-0.05, 0) is 32.2 Å². The lowest BCUT2D eigenvalue weighted by Crippen LogP contribution is -2.52. The van der Waals surface area contributed by atoms with Crippen LogP contribution in [-0.4, -0.2) is 53.5 Å². The number of phenols is 1. The largest absolute Gasteiger partial charge is 0.507 e. The van der Waals surface area contributed by atoms with Crippen LogP contribution in [0.5, 0.6) is 5.75 Å². The van der Waals surface area contributed by atoms with Gasteiger partial charge in [0.25, 0.3) is 5.91 Å². The van der Waals surface area contributed by atoms with Crippen molar-refractivity contribution in [2.45, 2.75) is 13.0 Å². The predicted molar refractivity (Wildman–Crippen MR) is 66.1 cm³/mol. The summed E-state index contributed by atoms with van der Waals surface area (Å²) in [4.78, 5) is 16.0. The molecule has 5 heteroatoms. The van der Waals surface area contributed by atoms with Crippen LogP contribution in [0.4, 0.5) is 4.39 Å². The fraction of sp³-hybridized carbons (Fsp3) is 0.462. The van der Waals surface area contributed by atoms with Crippen LogP contribution < -0.4 is 0 Å². The topological polar surface area (TPSA) is 43.8 Å². The summed E-state index contributed by atoms with van der Waals surface area (Å²) < 4.78 is 13.1. The average molecular weight is 252 g/mol. The van der Waals surface area contributed by atoms with E-state index in [0.717, 1.165) is 18.7 Å². The van der Waals surface area contributed by atoms with E-state index in [1.165, 1.54) is 6.07 Å². The van der Waals surface area contributed by atoms with Crippen molar-refractivity contribution in [3.63, 3.8) is 0 Å². The number of rotatable bonds is 1. The van der Waals surface area contributed by atoms with E-state index in [-0.39, 0.29) is 23.3 Å². The Morgan fingerprint density at radius 2 is 2.17 bits per heavy atom. The van der Waals surface area contributed by atoms with Gasteiger partial charge in [-0.25, -0.2) is 4.39 Å². The number of carbonyl (C=O) groups is 1. The van der Waals surface area contributed by atoms with Gasteiger partial charge in [0.15, 0.2) is 0 Å². The van der Waals surface area contributed by atoms with Crippen molar-refractivity contribution < 1.29 is 14.3 Å². The molecule has 0 aliphatic carbocycles. The van der Waals surface area contributed by atoms with E-state index in [9.17, 15) is 14.3 Å². The monoisotopic (exact) mass is 252 g/mol. The van der Waals surface area contributed by atoms with E-state index in [2.05, 4.69) is 4.90 Å². The normalized spacial score (nSPS) is 21.1. The van der Waals surface area contributed by atoms with Crippen molar-refractivity contribution in [2.75, 3.05) is 26.7 Å². The molecule has 0 radical (unpaired) electrons. The Kier molecular flexibility index (Phi) is 3.52. The Morgan fingerprint density at radius 1 is 1.44 bits per heavy atom. The van der Waals surface area contributed by atoms with E-state index in [1.807, 2.05) is 14.0 Å². The quantitative estimate of drug-likeness (QED) is 0.819. The zero-order valence-electron chi connectivity index (χ0n) is 10.6. The van der Waals surface area contributed by atoms with E-state index >= 15 is 0 Å². The number of halogens is 1. The summed E-state index contributed by atoms with van der Waals surface area (Å²) in [5.41, 5.74) is 0.0340. The van der Waals surface area contributed by atoms with Crippen LogP contribution in [-0.2, 0) is 0 Å². The highest BCUT2D eigenvalue weighted by atomic mass is 19.1. The summed E-state index contributed by atoms with van der Waals surface area (Å²) in [5, 5.41) is 9.63. The molecule has 1 saturated heterocycles. The third kappa shape index (κ3) is 2.46. The summed E-state index contributed by atoms with van der Waals surface area (Å²) in [5.74, 6) is -1.00. The minimum absolute atomic E-state index is 0.0340. The van der Waals surface area contributed by atoms with Crippen molar-refractivity contribution in [3.05, 3.63) is 29.6 Å². The number of aromatic hydroxyl groups is 1. The van der Waals surface area contributed by atoms with Gasteiger partial charge >= 0.3 is 0 Å². The van der Waals surface area contributed by atoms with Gasteiger partial charge in [0.2, 0.25) is 0 Å². The highest BCUT2D eigenvalue weighted by Crippen LogP contribution is 2.21. The number of amides is 1. The first-order valence-corrected chi connectivity index (χ1v) is 5.97.